The van der Waals surface area contributed by atoms with Crippen LogP contribution in [0.3, 0.4) is 0 Å². The van der Waals surface area contributed by atoms with E-state index in [1.165, 1.54) is 11.3 Å². The van der Waals surface area contributed by atoms with E-state index >= 15 is 0 Å². The van der Waals surface area contributed by atoms with Crippen molar-refractivity contribution in [3.05, 3.63) is 38.3 Å². The number of hydrogen-bond acceptors (Lipinski definition) is 3. The van der Waals surface area contributed by atoms with E-state index in [0.717, 1.165) is 23.0 Å². The van der Waals surface area contributed by atoms with Gasteiger partial charge in [-0.3, -0.25) is 4.68 Å². The first-order valence-electron chi connectivity index (χ1n) is 5.61. The molecule has 5 heteroatoms. The van der Waals surface area contributed by atoms with Gasteiger partial charge < -0.3 is 5.73 Å². The molecule has 0 aliphatic rings. The highest BCUT2D eigenvalue weighted by molar-refractivity contribution is 9.10. The van der Waals surface area contributed by atoms with E-state index in [9.17, 15) is 0 Å². The van der Waals surface area contributed by atoms with E-state index in [4.69, 9.17) is 5.73 Å². The molecule has 0 aliphatic heterocycles. The van der Waals surface area contributed by atoms with Crippen LogP contribution in [0.1, 0.15) is 29.9 Å². The molecule has 0 saturated heterocycles. The fraction of sp³-hybridized carbons (Fsp3) is 0.417. The Morgan fingerprint density at radius 3 is 2.88 bits per heavy atom. The second kappa shape index (κ2) is 5.33. The van der Waals surface area contributed by atoms with Gasteiger partial charge in [0.05, 0.1) is 15.9 Å². The maximum atomic E-state index is 6.20. The SMILES string of the molecule is CCc1nn(C)c(CC(N)c2ccsc2)c1Br. The van der Waals surface area contributed by atoms with Crippen LogP contribution in [0.4, 0.5) is 0 Å². The molecule has 2 aromatic heterocycles. The van der Waals surface area contributed by atoms with E-state index in [-0.39, 0.29) is 6.04 Å². The highest BCUT2D eigenvalue weighted by Gasteiger charge is 2.16. The lowest BCUT2D eigenvalue weighted by Gasteiger charge is -2.10. The Morgan fingerprint density at radius 1 is 1.59 bits per heavy atom. The monoisotopic (exact) mass is 313 g/mol. The Balaban J connectivity index is 2.21. The summed E-state index contributed by atoms with van der Waals surface area (Å²) < 4.78 is 3.03. The van der Waals surface area contributed by atoms with E-state index in [1.807, 2.05) is 11.7 Å². The van der Waals surface area contributed by atoms with Gasteiger partial charge in [-0.25, -0.2) is 0 Å². The predicted molar refractivity (Wildman–Crippen MR) is 75.2 cm³/mol. The Hall–Kier alpha value is -0.650. The third-order valence-electron chi connectivity index (χ3n) is 2.89. The van der Waals surface area contributed by atoms with Crippen LogP contribution < -0.4 is 5.73 Å². The Labute approximate surface area is 114 Å². The second-order valence-corrected chi connectivity index (χ2v) is 5.62. The van der Waals surface area contributed by atoms with Crippen molar-refractivity contribution >= 4 is 27.3 Å². The van der Waals surface area contributed by atoms with Gasteiger partial charge in [0.25, 0.3) is 0 Å². The molecule has 2 rings (SSSR count). The third kappa shape index (κ3) is 2.61. The predicted octanol–water partition coefficient (Wildman–Crippen LogP) is 3.05. The first-order chi connectivity index (χ1) is 8.13. The smallest absolute Gasteiger partial charge is 0.0766 e. The Morgan fingerprint density at radius 2 is 2.35 bits per heavy atom. The summed E-state index contributed by atoms with van der Waals surface area (Å²) in [7, 11) is 1.97. The highest BCUT2D eigenvalue weighted by Crippen LogP contribution is 2.26. The zero-order valence-corrected chi connectivity index (χ0v) is 12.4. The summed E-state index contributed by atoms with van der Waals surface area (Å²) in [4.78, 5) is 0. The van der Waals surface area contributed by atoms with Crippen LogP contribution in [-0.4, -0.2) is 9.78 Å². The number of aromatic nitrogens is 2. The first kappa shape index (κ1) is 12.8. The van der Waals surface area contributed by atoms with E-state index in [0.29, 0.717) is 0 Å². The molecule has 17 heavy (non-hydrogen) atoms. The van der Waals surface area contributed by atoms with Crippen molar-refractivity contribution in [2.24, 2.45) is 12.8 Å². The second-order valence-electron chi connectivity index (χ2n) is 4.05. The fourth-order valence-electron chi connectivity index (χ4n) is 1.85. The van der Waals surface area contributed by atoms with Gasteiger partial charge >= 0.3 is 0 Å². The van der Waals surface area contributed by atoms with Gasteiger partial charge in [0, 0.05) is 19.5 Å². The zero-order valence-electron chi connectivity index (χ0n) is 9.98. The molecule has 2 heterocycles. The molecule has 0 spiro atoms. The van der Waals surface area contributed by atoms with E-state index in [2.05, 4.69) is 44.8 Å². The number of hydrogen-bond donors (Lipinski definition) is 1. The van der Waals surface area contributed by atoms with Gasteiger partial charge in [-0.05, 0) is 44.7 Å². The summed E-state index contributed by atoms with van der Waals surface area (Å²) in [5, 5.41) is 8.65. The number of rotatable bonds is 4. The van der Waals surface area contributed by atoms with Gasteiger partial charge in [-0.15, -0.1) is 0 Å². The van der Waals surface area contributed by atoms with Gasteiger partial charge in [-0.2, -0.15) is 16.4 Å². The van der Waals surface area contributed by atoms with Crippen LogP contribution >= 0.6 is 27.3 Å². The normalized spacial score (nSPS) is 12.9. The highest BCUT2D eigenvalue weighted by atomic mass is 79.9. The van der Waals surface area contributed by atoms with Crippen LogP contribution in [0.25, 0.3) is 0 Å². The summed E-state index contributed by atoms with van der Waals surface area (Å²) in [5.74, 6) is 0. The lowest BCUT2D eigenvalue weighted by atomic mass is 10.1. The number of nitrogens with zero attached hydrogens (tertiary/aromatic N) is 2. The minimum absolute atomic E-state index is 0.0395. The molecule has 0 fully saturated rings. The lowest BCUT2D eigenvalue weighted by Crippen LogP contribution is -2.14. The number of aryl methyl sites for hydroxylation is 2. The number of nitrogens with two attached hydrogens (primary N) is 1. The molecule has 0 bridgehead atoms. The Kier molecular flexibility index (Phi) is 4.01. The van der Waals surface area contributed by atoms with Crippen LogP contribution in [0, 0.1) is 0 Å². The third-order valence-corrected chi connectivity index (χ3v) is 4.50. The number of thiophene rings is 1. The maximum absolute atomic E-state index is 6.20. The standard InChI is InChI=1S/C12H16BrN3S/c1-3-10-12(13)11(16(2)15-10)6-9(14)8-4-5-17-7-8/h4-5,7,9H,3,6,14H2,1-2H3. The summed E-state index contributed by atoms with van der Waals surface area (Å²) in [6.07, 6.45) is 1.74. The van der Waals surface area contributed by atoms with Gasteiger partial charge in [-0.1, -0.05) is 6.92 Å². The summed E-state index contributed by atoms with van der Waals surface area (Å²) >= 11 is 5.30. The molecule has 0 radical (unpaired) electrons. The van der Waals surface area contributed by atoms with Crippen molar-refractivity contribution in [1.82, 2.24) is 9.78 Å². The summed E-state index contributed by atoms with van der Waals surface area (Å²) in [5.41, 5.74) is 9.66. The molecule has 0 aliphatic carbocycles. The van der Waals surface area contributed by atoms with Crippen LogP contribution in [0.15, 0.2) is 21.3 Å². The molecular weight excluding hydrogens is 298 g/mol. The van der Waals surface area contributed by atoms with Crippen molar-refractivity contribution in [2.45, 2.75) is 25.8 Å². The van der Waals surface area contributed by atoms with Crippen LogP contribution in [0.2, 0.25) is 0 Å². The average molecular weight is 314 g/mol. The van der Waals surface area contributed by atoms with Crippen molar-refractivity contribution in [3.8, 4) is 0 Å². The summed E-state index contributed by atoms with van der Waals surface area (Å²) in [6, 6.07) is 2.12. The van der Waals surface area contributed by atoms with Gasteiger partial charge in [0.2, 0.25) is 0 Å². The quantitative estimate of drug-likeness (QED) is 0.942. The zero-order chi connectivity index (χ0) is 12.4. The molecular formula is C12H16BrN3S. The fourth-order valence-corrected chi connectivity index (χ4v) is 3.36. The van der Waals surface area contributed by atoms with Gasteiger partial charge in [0.1, 0.15) is 0 Å². The van der Waals surface area contributed by atoms with Gasteiger partial charge in [0.15, 0.2) is 0 Å². The number of halogens is 1. The average Bonchev–Trinajstić information content (AvgIpc) is 2.92. The molecule has 0 saturated carbocycles. The minimum Gasteiger partial charge on any atom is -0.324 e. The molecule has 1 unspecified atom stereocenters. The molecule has 2 N–H and O–H groups in total. The molecule has 1 atom stereocenters. The largest absolute Gasteiger partial charge is 0.324 e. The van der Waals surface area contributed by atoms with E-state index < -0.39 is 0 Å². The van der Waals surface area contributed by atoms with Crippen LogP contribution in [-0.2, 0) is 19.9 Å². The maximum Gasteiger partial charge on any atom is 0.0766 e. The minimum atomic E-state index is 0.0395. The molecule has 2 aromatic rings. The topological polar surface area (TPSA) is 43.8 Å². The van der Waals surface area contributed by atoms with Crippen molar-refractivity contribution < 1.29 is 0 Å². The molecule has 0 amide bonds. The molecule has 3 nitrogen and oxygen atoms in total. The van der Waals surface area contributed by atoms with Crippen molar-refractivity contribution in [2.75, 3.05) is 0 Å². The van der Waals surface area contributed by atoms with Crippen molar-refractivity contribution in [1.29, 1.82) is 0 Å². The summed E-state index contributed by atoms with van der Waals surface area (Å²) in [6.45, 7) is 2.11. The van der Waals surface area contributed by atoms with E-state index in [1.54, 1.807) is 11.3 Å². The van der Waals surface area contributed by atoms with Crippen LogP contribution in [0.5, 0.6) is 0 Å². The van der Waals surface area contributed by atoms with Crippen molar-refractivity contribution in [3.63, 3.8) is 0 Å². The Bertz CT molecular complexity index is 490. The molecule has 92 valence electrons. The molecule has 0 aromatic carbocycles. The first-order valence-corrected chi connectivity index (χ1v) is 7.35. The lowest BCUT2D eigenvalue weighted by molar-refractivity contribution is 0.638.